The summed E-state index contributed by atoms with van der Waals surface area (Å²) in [6.07, 6.45) is 3.15. The topological polar surface area (TPSA) is 77.1 Å². The van der Waals surface area contributed by atoms with Crippen LogP contribution in [0.1, 0.15) is 24.8 Å². The highest BCUT2D eigenvalue weighted by atomic mass is 16.5. The van der Waals surface area contributed by atoms with Crippen LogP contribution in [0.4, 0.5) is 0 Å². The van der Waals surface area contributed by atoms with Crippen molar-refractivity contribution < 1.29 is 23.8 Å². The lowest BCUT2D eigenvalue weighted by Gasteiger charge is -2.41. The number of nitrogens with zero attached hydrogens (tertiary/aromatic N) is 1. The Labute approximate surface area is 188 Å². The van der Waals surface area contributed by atoms with Crippen LogP contribution in [0.2, 0.25) is 0 Å². The average molecular weight is 439 g/mol. The van der Waals surface area contributed by atoms with Crippen molar-refractivity contribution in [3.05, 3.63) is 60.2 Å². The van der Waals surface area contributed by atoms with E-state index < -0.39 is 5.60 Å². The summed E-state index contributed by atoms with van der Waals surface area (Å²) in [5.41, 5.74) is 0.132. The summed E-state index contributed by atoms with van der Waals surface area (Å²) in [5, 5.41) is 2.95. The van der Waals surface area contributed by atoms with Crippen molar-refractivity contribution in [2.75, 3.05) is 39.5 Å². The summed E-state index contributed by atoms with van der Waals surface area (Å²) in [7, 11) is 0. The number of ether oxygens (including phenoxy) is 3. The molecule has 2 aliphatic rings. The largest absolute Gasteiger partial charge is 0.491 e. The normalized spacial score (nSPS) is 22.0. The van der Waals surface area contributed by atoms with Crippen molar-refractivity contribution >= 4 is 11.8 Å². The van der Waals surface area contributed by atoms with Gasteiger partial charge in [0, 0.05) is 6.54 Å². The number of para-hydroxylation sites is 2. The lowest BCUT2D eigenvalue weighted by atomic mass is 9.91. The highest BCUT2D eigenvalue weighted by Gasteiger charge is 2.44. The molecule has 0 bridgehead atoms. The number of carbonyl (C=O) groups excluding carboxylic acids is 2. The van der Waals surface area contributed by atoms with E-state index in [9.17, 15) is 9.59 Å². The number of rotatable bonds is 3. The first-order valence-corrected chi connectivity index (χ1v) is 11.2. The van der Waals surface area contributed by atoms with E-state index in [2.05, 4.69) is 11.4 Å². The molecule has 2 aliphatic heterocycles. The molecular weight excluding hydrogens is 408 g/mol. The average Bonchev–Trinajstić information content (AvgIpc) is 2.83. The zero-order valence-electron chi connectivity index (χ0n) is 18.3. The maximum absolute atomic E-state index is 13.1. The number of fused-ring (bicyclic) bond motifs is 1. The fourth-order valence-corrected chi connectivity index (χ4v) is 4.22. The van der Waals surface area contributed by atoms with E-state index in [1.807, 2.05) is 48.5 Å². The van der Waals surface area contributed by atoms with Gasteiger partial charge in [0.2, 0.25) is 0 Å². The minimum absolute atomic E-state index is 0.0632. The zero-order valence-corrected chi connectivity index (χ0v) is 18.3. The maximum Gasteiger partial charge on any atom is 0.260 e. The number of benzene rings is 2. The van der Waals surface area contributed by atoms with E-state index in [4.69, 9.17) is 14.2 Å². The summed E-state index contributed by atoms with van der Waals surface area (Å²) in [6.45, 7) is 1.70. The number of carbonyl (C=O) groups is 2. The first-order chi connectivity index (χ1) is 15.7. The Hall–Kier alpha value is -3.06. The lowest BCUT2D eigenvalue weighted by molar-refractivity contribution is -0.168. The van der Waals surface area contributed by atoms with E-state index in [1.165, 1.54) is 5.56 Å². The van der Waals surface area contributed by atoms with Gasteiger partial charge in [0.1, 0.15) is 18.1 Å². The zero-order chi connectivity index (χ0) is 22.2. The molecular formula is C25H30N2O5. The van der Waals surface area contributed by atoms with E-state index in [0.29, 0.717) is 38.5 Å². The van der Waals surface area contributed by atoms with Gasteiger partial charge >= 0.3 is 0 Å². The van der Waals surface area contributed by atoms with Crippen LogP contribution in [0.3, 0.4) is 0 Å². The van der Waals surface area contributed by atoms with Gasteiger partial charge in [0.15, 0.2) is 12.2 Å². The smallest absolute Gasteiger partial charge is 0.260 e. The van der Waals surface area contributed by atoms with Gasteiger partial charge < -0.3 is 24.4 Å². The van der Waals surface area contributed by atoms with E-state index in [-0.39, 0.29) is 25.0 Å². The Balaban J connectivity index is 1.41. The van der Waals surface area contributed by atoms with E-state index in [0.717, 1.165) is 25.0 Å². The molecule has 7 nitrogen and oxygen atoms in total. The van der Waals surface area contributed by atoms with Crippen molar-refractivity contribution in [2.24, 2.45) is 0 Å². The van der Waals surface area contributed by atoms with Crippen LogP contribution in [0.5, 0.6) is 11.5 Å². The summed E-state index contributed by atoms with van der Waals surface area (Å²) in [6, 6.07) is 17.3. The molecule has 2 aromatic rings. The molecule has 1 spiro atoms. The van der Waals surface area contributed by atoms with Crippen LogP contribution in [0.15, 0.2) is 54.6 Å². The van der Waals surface area contributed by atoms with Gasteiger partial charge in [-0.15, -0.1) is 0 Å². The van der Waals surface area contributed by atoms with Crippen molar-refractivity contribution in [1.82, 2.24) is 10.2 Å². The first-order valence-electron chi connectivity index (χ1n) is 11.2. The summed E-state index contributed by atoms with van der Waals surface area (Å²) in [5.74, 6) is 1.19. The van der Waals surface area contributed by atoms with Crippen LogP contribution in [0, 0.1) is 0 Å². The van der Waals surface area contributed by atoms with Crippen molar-refractivity contribution in [3.63, 3.8) is 0 Å². The molecule has 4 rings (SSSR count). The Morgan fingerprint density at radius 1 is 1.06 bits per heavy atom. The molecule has 1 atom stereocenters. The highest BCUT2D eigenvalue weighted by Crippen LogP contribution is 2.27. The molecule has 32 heavy (non-hydrogen) atoms. The van der Waals surface area contributed by atoms with Gasteiger partial charge in [0.05, 0.1) is 19.7 Å². The Morgan fingerprint density at radius 3 is 2.75 bits per heavy atom. The predicted octanol–water partition coefficient (Wildman–Crippen LogP) is 2.58. The molecule has 1 N–H and O–H groups in total. The summed E-state index contributed by atoms with van der Waals surface area (Å²) < 4.78 is 17.5. The molecule has 7 heteroatoms. The second-order valence-corrected chi connectivity index (χ2v) is 8.18. The highest BCUT2D eigenvalue weighted by molar-refractivity contribution is 5.87. The molecule has 2 amide bonds. The molecule has 0 aromatic heterocycles. The predicted molar refractivity (Wildman–Crippen MR) is 120 cm³/mol. The van der Waals surface area contributed by atoms with Gasteiger partial charge in [-0.3, -0.25) is 9.59 Å². The van der Waals surface area contributed by atoms with Gasteiger partial charge in [0.25, 0.3) is 11.8 Å². The van der Waals surface area contributed by atoms with Crippen LogP contribution in [-0.2, 0) is 20.7 Å². The molecule has 0 radical (unpaired) electrons. The summed E-state index contributed by atoms with van der Waals surface area (Å²) in [4.78, 5) is 27.6. The van der Waals surface area contributed by atoms with Gasteiger partial charge in [-0.05, 0) is 49.4 Å². The van der Waals surface area contributed by atoms with Crippen molar-refractivity contribution in [1.29, 1.82) is 0 Å². The third-order valence-electron chi connectivity index (χ3n) is 5.95. The van der Waals surface area contributed by atoms with Crippen molar-refractivity contribution in [2.45, 2.75) is 31.3 Å². The summed E-state index contributed by atoms with van der Waals surface area (Å²) >= 11 is 0. The standard InChI is InChI=1S/C25H30N2O5/c28-23(18-31-21-10-2-1-3-11-21)27-15-17-32-25(19-27)13-7-6-9-20-8-4-5-12-22(20)30-16-14-26-24(25)29/h1-5,8,10-12H,6-7,9,13-19H2,(H,26,29). The molecule has 2 aromatic carbocycles. The molecule has 1 fully saturated rings. The first kappa shape index (κ1) is 22.1. The third kappa shape index (κ3) is 5.40. The van der Waals surface area contributed by atoms with Crippen LogP contribution in [-0.4, -0.2) is 61.8 Å². The molecule has 0 aliphatic carbocycles. The number of morpholine rings is 1. The number of hydrogen-bond donors (Lipinski definition) is 1. The Morgan fingerprint density at radius 2 is 1.88 bits per heavy atom. The molecule has 1 unspecified atom stereocenters. The third-order valence-corrected chi connectivity index (χ3v) is 5.95. The van der Waals surface area contributed by atoms with E-state index >= 15 is 0 Å². The van der Waals surface area contributed by atoms with Gasteiger partial charge in [-0.1, -0.05) is 36.4 Å². The van der Waals surface area contributed by atoms with Crippen molar-refractivity contribution in [3.8, 4) is 11.5 Å². The number of aryl methyl sites for hydroxylation is 1. The minimum atomic E-state index is -1.04. The number of nitrogens with one attached hydrogen (secondary N) is 1. The molecule has 2 heterocycles. The number of amides is 2. The second kappa shape index (κ2) is 10.5. The fraction of sp³-hybridized carbons (Fsp3) is 0.440. The van der Waals surface area contributed by atoms with Gasteiger partial charge in [-0.25, -0.2) is 0 Å². The van der Waals surface area contributed by atoms with E-state index in [1.54, 1.807) is 4.90 Å². The van der Waals surface area contributed by atoms with Crippen LogP contribution >= 0.6 is 0 Å². The molecule has 1 saturated heterocycles. The lowest BCUT2D eigenvalue weighted by Crippen LogP contribution is -2.61. The van der Waals surface area contributed by atoms with Crippen LogP contribution in [0.25, 0.3) is 0 Å². The second-order valence-electron chi connectivity index (χ2n) is 8.18. The van der Waals surface area contributed by atoms with Crippen LogP contribution < -0.4 is 14.8 Å². The maximum atomic E-state index is 13.1. The SMILES string of the molecule is O=C(COc1ccccc1)N1CCOC2(CCCCc3ccccc3OCCNC2=O)C1. The molecule has 0 saturated carbocycles. The molecule has 170 valence electrons. The fourth-order valence-electron chi connectivity index (χ4n) is 4.22. The quantitative estimate of drug-likeness (QED) is 0.797. The monoisotopic (exact) mass is 438 g/mol. The van der Waals surface area contributed by atoms with Gasteiger partial charge in [-0.2, -0.15) is 0 Å². The minimum Gasteiger partial charge on any atom is -0.491 e. The Kier molecular flexibility index (Phi) is 7.27. The number of hydrogen-bond acceptors (Lipinski definition) is 5. The Bertz CT molecular complexity index is 920.